The highest BCUT2D eigenvalue weighted by molar-refractivity contribution is 7.80. The third-order valence-electron chi connectivity index (χ3n) is 2.97. The minimum absolute atomic E-state index is 0.391. The fraction of sp³-hybridized carbons (Fsp3) is 0.333. The summed E-state index contributed by atoms with van der Waals surface area (Å²) in [5.41, 5.74) is 0.482. The molecular formula is C15H16Cl2N2OS. The summed E-state index contributed by atoms with van der Waals surface area (Å²) in [4.78, 5) is 4.02. The topological polar surface area (TPSA) is 27.1 Å². The Morgan fingerprint density at radius 3 is 2.67 bits per heavy atom. The van der Waals surface area contributed by atoms with Crippen LogP contribution in [0, 0.1) is 0 Å². The van der Waals surface area contributed by atoms with Crippen molar-refractivity contribution < 1.29 is 4.74 Å². The van der Waals surface area contributed by atoms with E-state index in [0.29, 0.717) is 10.1 Å². The first kappa shape index (κ1) is 16.3. The van der Waals surface area contributed by atoms with Crippen LogP contribution in [0.1, 0.15) is 36.9 Å². The molecule has 1 aromatic heterocycles. The Labute approximate surface area is 139 Å². The molecule has 2 rings (SSSR count). The van der Waals surface area contributed by atoms with Crippen molar-refractivity contribution in [1.82, 2.24) is 9.55 Å². The number of imidazole rings is 1. The van der Waals surface area contributed by atoms with Crippen molar-refractivity contribution in [3.05, 3.63) is 53.6 Å². The Morgan fingerprint density at radius 2 is 2.10 bits per heavy atom. The van der Waals surface area contributed by atoms with E-state index >= 15 is 0 Å². The van der Waals surface area contributed by atoms with Crippen LogP contribution in [0.3, 0.4) is 0 Å². The van der Waals surface area contributed by atoms with E-state index in [9.17, 15) is 0 Å². The molecular weight excluding hydrogens is 327 g/mol. The van der Waals surface area contributed by atoms with E-state index in [-0.39, 0.29) is 0 Å². The summed E-state index contributed by atoms with van der Waals surface area (Å²) in [6.45, 7) is 2.06. The van der Waals surface area contributed by atoms with Crippen molar-refractivity contribution in [2.45, 2.75) is 31.4 Å². The molecule has 2 atom stereocenters. The average Bonchev–Trinajstić information content (AvgIpc) is 3.00. The van der Waals surface area contributed by atoms with Gasteiger partial charge in [-0.05, 0) is 36.3 Å². The van der Waals surface area contributed by atoms with E-state index in [1.54, 1.807) is 23.3 Å². The largest absolute Gasteiger partial charge is 0.476 e. The molecule has 0 fully saturated rings. The zero-order valence-electron chi connectivity index (χ0n) is 11.6. The van der Waals surface area contributed by atoms with Gasteiger partial charge in [-0.25, -0.2) is 4.98 Å². The van der Waals surface area contributed by atoms with Gasteiger partial charge in [-0.15, -0.1) is 0 Å². The van der Waals surface area contributed by atoms with Crippen LogP contribution in [-0.2, 0) is 4.74 Å². The normalized spacial score (nSPS) is 13.7. The third kappa shape index (κ3) is 4.43. The first-order chi connectivity index (χ1) is 10.1. The SMILES string of the molecule is CCCC(=S)OC(c1ccc(Cl)cc1)C(Cl)n1ccnc1. The Balaban J connectivity index is 2.25. The van der Waals surface area contributed by atoms with Gasteiger partial charge in [-0.3, -0.25) is 0 Å². The van der Waals surface area contributed by atoms with Crippen molar-refractivity contribution in [3.8, 4) is 0 Å². The molecule has 2 aromatic rings. The number of alkyl halides is 1. The van der Waals surface area contributed by atoms with Crippen LogP contribution < -0.4 is 0 Å². The maximum Gasteiger partial charge on any atom is 0.160 e. The highest BCUT2D eigenvalue weighted by Crippen LogP contribution is 2.34. The van der Waals surface area contributed by atoms with Crippen molar-refractivity contribution in [1.29, 1.82) is 0 Å². The number of hydrogen-bond acceptors (Lipinski definition) is 3. The highest BCUT2D eigenvalue weighted by atomic mass is 35.5. The predicted octanol–water partition coefficient (Wildman–Crippen LogP) is 5.16. The third-order valence-corrected chi connectivity index (χ3v) is 3.98. The van der Waals surface area contributed by atoms with E-state index in [4.69, 9.17) is 40.2 Å². The summed E-state index contributed by atoms with van der Waals surface area (Å²) in [6.07, 6.45) is 6.41. The molecule has 0 bridgehead atoms. The molecule has 0 aliphatic rings. The second kappa shape index (κ2) is 7.78. The fourth-order valence-corrected chi connectivity index (χ4v) is 2.66. The Kier molecular flexibility index (Phi) is 6.03. The molecule has 1 heterocycles. The highest BCUT2D eigenvalue weighted by Gasteiger charge is 2.25. The quantitative estimate of drug-likeness (QED) is 0.535. The molecule has 0 amide bonds. The van der Waals surface area contributed by atoms with Crippen LogP contribution in [0.25, 0.3) is 0 Å². The number of benzene rings is 1. The zero-order valence-corrected chi connectivity index (χ0v) is 13.9. The van der Waals surface area contributed by atoms with E-state index in [1.165, 1.54) is 0 Å². The van der Waals surface area contributed by atoms with E-state index in [0.717, 1.165) is 18.4 Å². The number of halogens is 2. The van der Waals surface area contributed by atoms with Gasteiger partial charge in [0.25, 0.3) is 0 Å². The molecule has 0 N–H and O–H groups in total. The van der Waals surface area contributed by atoms with E-state index < -0.39 is 11.6 Å². The van der Waals surface area contributed by atoms with Crippen molar-refractivity contribution in [3.63, 3.8) is 0 Å². The van der Waals surface area contributed by atoms with Gasteiger partial charge < -0.3 is 9.30 Å². The minimum Gasteiger partial charge on any atom is -0.476 e. The van der Waals surface area contributed by atoms with Gasteiger partial charge in [0.05, 0.1) is 6.33 Å². The molecule has 0 saturated heterocycles. The molecule has 112 valence electrons. The van der Waals surface area contributed by atoms with Gasteiger partial charge in [0.15, 0.2) is 11.2 Å². The smallest absolute Gasteiger partial charge is 0.160 e. The first-order valence-corrected chi connectivity index (χ1v) is 7.90. The lowest BCUT2D eigenvalue weighted by Crippen LogP contribution is -2.18. The Morgan fingerprint density at radius 1 is 1.38 bits per heavy atom. The molecule has 21 heavy (non-hydrogen) atoms. The van der Waals surface area contributed by atoms with E-state index in [1.807, 2.05) is 24.3 Å². The monoisotopic (exact) mass is 342 g/mol. The molecule has 1 aromatic carbocycles. The summed E-state index contributed by atoms with van der Waals surface area (Å²) in [5, 5.41) is 1.23. The zero-order chi connectivity index (χ0) is 15.2. The Hall–Kier alpha value is -1.10. The fourth-order valence-electron chi connectivity index (χ4n) is 1.91. The molecule has 2 unspecified atom stereocenters. The van der Waals surface area contributed by atoms with E-state index in [2.05, 4.69) is 11.9 Å². The molecule has 0 aliphatic heterocycles. The molecule has 0 radical (unpaired) electrons. The van der Waals surface area contributed by atoms with Gasteiger partial charge in [0.1, 0.15) is 5.50 Å². The lowest BCUT2D eigenvalue weighted by molar-refractivity contribution is 0.163. The average molecular weight is 343 g/mol. The van der Waals surface area contributed by atoms with Crippen molar-refractivity contribution in [2.75, 3.05) is 0 Å². The van der Waals surface area contributed by atoms with Gasteiger partial charge >= 0.3 is 0 Å². The lowest BCUT2D eigenvalue weighted by Gasteiger charge is -2.25. The molecule has 6 heteroatoms. The standard InChI is InChI=1S/C15H16Cl2N2OS/c1-2-3-13(21)20-14(11-4-6-12(16)7-5-11)15(17)19-9-8-18-10-19/h4-10,14-15H,2-3H2,1H3. The lowest BCUT2D eigenvalue weighted by atomic mass is 10.1. The van der Waals surface area contributed by atoms with Crippen LogP contribution in [0.2, 0.25) is 5.02 Å². The van der Waals surface area contributed by atoms with Gasteiger partial charge in [-0.1, -0.05) is 42.3 Å². The second-order valence-electron chi connectivity index (χ2n) is 4.59. The summed E-state index contributed by atoms with van der Waals surface area (Å²) < 4.78 is 7.70. The number of rotatable bonds is 6. The summed E-state index contributed by atoms with van der Waals surface area (Å²) in [6, 6.07) is 7.42. The minimum atomic E-state index is -0.441. The first-order valence-electron chi connectivity index (χ1n) is 6.68. The number of thiocarbonyl (C=S) groups is 1. The second-order valence-corrected chi connectivity index (χ2v) is 5.93. The van der Waals surface area contributed by atoms with Gasteiger partial charge in [-0.2, -0.15) is 0 Å². The van der Waals surface area contributed by atoms with Crippen LogP contribution in [0.15, 0.2) is 43.0 Å². The van der Waals surface area contributed by atoms with Gasteiger partial charge in [0, 0.05) is 23.8 Å². The predicted molar refractivity (Wildman–Crippen MR) is 89.9 cm³/mol. The van der Waals surface area contributed by atoms with Crippen LogP contribution in [0.5, 0.6) is 0 Å². The maximum absolute atomic E-state index is 6.54. The summed E-state index contributed by atoms with van der Waals surface area (Å²) in [7, 11) is 0. The maximum atomic E-state index is 6.54. The number of ether oxygens (including phenoxy) is 1. The van der Waals surface area contributed by atoms with Crippen LogP contribution in [0.4, 0.5) is 0 Å². The van der Waals surface area contributed by atoms with Crippen molar-refractivity contribution in [2.24, 2.45) is 0 Å². The molecule has 3 nitrogen and oxygen atoms in total. The van der Waals surface area contributed by atoms with Gasteiger partial charge in [0.2, 0.25) is 0 Å². The van der Waals surface area contributed by atoms with Crippen molar-refractivity contribution >= 4 is 40.5 Å². The summed E-state index contributed by atoms with van der Waals surface area (Å²) in [5.74, 6) is 0. The molecule has 0 saturated carbocycles. The number of nitrogens with zero attached hydrogens (tertiary/aromatic N) is 2. The van der Waals surface area contributed by atoms with Crippen LogP contribution in [-0.4, -0.2) is 14.6 Å². The number of aromatic nitrogens is 2. The Bertz CT molecular complexity index is 572. The number of hydrogen-bond donors (Lipinski definition) is 0. The van der Waals surface area contributed by atoms with Crippen LogP contribution >= 0.6 is 35.4 Å². The summed E-state index contributed by atoms with van der Waals surface area (Å²) >= 11 is 17.7. The molecule has 0 aliphatic carbocycles. The molecule has 0 spiro atoms.